The molecule has 0 aliphatic heterocycles. The molecule has 108 valence electrons. The number of methoxy groups -OCH3 is 1. The Hall–Kier alpha value is -1.49. The number of rotatable bonds is 4. The first-order valence-electron chi connectivity index (χ1n) is 6.51. The summed E-state index contributed by atoms with van der Waals surface area (Å²) in [5.41, 5.74) is 2.11. The maximum Gasteiger partial charge on any atom is 0.142 e. The smallest absolute Gasteiger partial charge is 0.142 e. The van der Waals surface area contributed by atoms with Gasteiger partial charge in [0.05, 0.1) is 24.5 Å². The van der Waals surface area contributed by atoms with Crippen molar-refractivity contribution in [1.29, 1.82) is 0 Å². The van der Waals surface area contributed by atoms with E-state index >= 15 is 0 Å². The molecule has 0 saturated carbocycles. The highest BCUT2D eigenvalue weighted by Gasteiger charge is 2.14. The third-order valence-electron chi connectivity index (χ3n) is 2.97. The number of benzene rings is 1. The summed E-state index contributed by atoms with van der Waals surface area (Å²) >= 11 is 3.47. The van der Waals surface area contributed by atoms with E-state index in [1.165, 1.54) is 0 Å². The molecule has 1 aromatic carbocycles. The number of hydrogen-bond donors (Lipinski definition) is 1. The maximum absolute atomic E-state index is 5.34. The van der Waals surface area contributed by atoms with Crippen LogP contribution in [0.4, 0.5) is 5.69 Å². The van der Waals surface area contributed by atoms with Crippen LogP contribution in [0, 0.1) is 0 Å². The van der Waals surface area contributed by atoms with Gasteiger partial charge in [0.25, 0.3) is 0 Å². The second-order valence-corrected chi connectivity index (χ2v) is 6.58. The van der Waals surface area contributed by atoms with E-state index in [2.05, 4.69) is 53.3 Å². The van der Waals surface area contributed by atoms with E-state index < -0.39 is 0 Å². The van der Waals surface area contributed by atoms with Crippen LogP contribution in [0.3, 0.4) is 0 Å². The molecule has 1 aromatic heterocycles. The van der Waals surface area contributed by atoms with Crippen LogP contribution >= 0.6 is 15.9 Å². The zero-order chi connectivity index (χ0) is 14.8. The van der Waals surface area contributed by atoms with Gasteiger partial charge in [0.2, 0.25) is 0 Å². The summed E-state index contributed by atoms with van der Waals surface area (Å²) in [5, 5.41) is 7.77. The summed E-state index contributed by atoms with van der Waals surface area (Å²) in [6.07, 6.45) is 3.96. The van der Waals surface area contributed by atoms with Crippen LogP contribution in [0.2, 0.25) is 0 Å². The SMILES string of the molecule is COc1ccc(Br)cc1NCc1cnn(C(C)(C)C)c1. The summed E-state index contributed by atoms with van der Waals surface area (Å²) in [5.74, 6) is 0.830. The number of nitrogens with zero attached hydrogens (tertiary/aromatic N) is 2. The van der Waals surface area contributed by atoms with Crippen molar-refractivity contribution in [3.05, 3.63) is 40.6 Å². The highest BCUT2D eigenvalue weighted by molar-refractivity contribution is 9.10. The standard InChI is InChI=1S/C15H20BrN3O/c1-15(2,3)19-10-11(9-18-19)8-17-13-7-12(16)5-6-14(13)20-4/h5-7,9-10,17H,8H2,1-4H3. The van der Waals surface area contributed by atoms with Crippen molar-refractivity contribution in [3.63, 3.8) is 0 Å². The fourth-order valence-electron chi connectivity index (χ4n) is 1.83. The fraction of sp³-hybridized carbons (Fsp3) is 0.400. The average Bonchev–Trinajstić information content (AvgIpc) is 2.85. The molecule has 0 bridgehead atoms. The molecule has 2 rings (SSSR count). The van der Waals surface area contributed by atoms with Crippen LogP contribution in [0.15, 0.2) is 35.1 Å². The minimum atomic E-state index is 0.00567. The summed E-state index contributed by atoms with van der Waals surface area (Å²) in [6.45, 7) is 7.11. The minimum Gasteiger partial charge on any atom is -0.495 e. The molecule has 0 fully saturated rings. The first-order chi connectivity index (χ1) is 9.40. The number of hydrogen-bond acceptors (Lipinski definition) is 3. The Morgan fingerprint density at radius 3 is 2.70 bits per heavy atom. The van der Waals surface area contributed by atoms with E-state index in [4.69, 9.17) is 4.74 Å². The van der Waals surface area contributed by atoms with Gasteiger partial charge in [-0.25, -0.2) is 0 Å². The second kappa shape index (κ2) is 5.87. The van der Waals surface area contributed by atoms with Crippen molar-refractivity contribution in [1.82, 2.24) is 9.78 Å². The molecule has 0 amide bonds. The van der Waals surface area contributed by atoms with Crippen LogP contribution in [-0.4, -0.2) is 16.9 Å². The van der Waals surface area contributed by atoms with E-state index in [1.807, 2.05) is 29.1 Å². The highest BCUT2D eigenvalue weighted by atomic mass is 79.9. The number of halogens is 1. The zero-order valence-corrected chi connectivity index (χ0v) is 13.9. The summed E-state index contributed by atoms with van der Waals surface area (Å²) in [7, 11) is 1.67. The first kappa shape index (κ1) is 14.9. The van der Waals surface area contributed by atoms with Crippen molar-refractivity contribution in [2.24, 2.45) is 0 Å². The van der Waals surface area contributed by atoms with Crippen molar-refractivity contribution >= 4 is 21.6 Å². The molecule has 0 spiro atoms. The molecule has 0 aliphatic carbocycles. The largest absolute Gasteiger partial charge is 0.495 e. The molecule has 4 nitrogen and oxygen atoms in total. The Morgan fingerprint density at radius 2 is 2.10 bits per heavy atom. The molecule has 0 aliphatic rings. The van der Waals surface area contributed by atoms with E-state index in [0.717, 1.165) is 21.5 Å². The maximum atomic E-state index is 5.34. The number of aromatic nitrogens is 2. The number of nitrogens with one attached hydrogen (secondary N) is 1. The summed E-state index contributed by atoms with van der Waals surface area (Å²) < 4.78 is 8.34. The molecule has 1 N–H and O–H groups in total. The lowest BCUT2D eigenvalue weighted by atomic mass is 10.1. The van der Waals surface area contributed by atoms with Gasteiger partial charge in [-0.3, -0.25) is 4.68 Å². The fourth-order valence-corrected chi connectivity index (χ4v) is 2.19. The third kappa shape index (κ3) is 3.54. The van der Waals surface area contributed by atoms with Gasteiger partial charge in [-0.2, -0.15) is 5.10 Å². The van der Waals surface area contributed by atoms with Gasteiger partial charge in [-0.1, -0.05) is 15.9 Å². The van der Waals surface area contributed by atoms with Crippen LogP contribution in [0.1, 0.15) is 26.3 Å². The molecule has 20 heavy (non-hydrogen) atoms. The van der Waals surface area contributed by atoms with Crippen molar-refractivity contribution < 1.29 is 4.74 Å². The molecule has 2 aromatic rings. The molecule has 0 radical (unpaired) electrons. The summed E-state index contributed by atoms with van der Waals surface area (Å²) in [4.78, 5) is 0. The molecule has 0 unspecified atom stereocenters. The van der Waals surface area contributed by atoms with Gasteiger partial charge in [0.15, 0.2) is 0 Å². The molecular formula is C15H20BrN3O. The van der Waals surface area contributed by atoms with Crippen molar-refractivity contribution in [2.75, 3.05) is 12.4 Å². The molecule has 0 atom stereocenters. The van der Waals surface area contributed by atoms with E-state index in [0.29, 0.717) is 6.54 Å². The number of ether oxygens (including phenoxy) is 1. The van der Waals surface area contributed by atoms with Crippen LogP contribution < -0.4 is 10.1 Å². The van der Waals surface area contributed by atoms with Crippen LogP contribution in [0.5, 0.6) is 5.75 Å². The second-order valence-electron chi connectivity index (χ2n) is 5.66. The topological polar surface area (TPSA) is 39.1 Å². The quantitative estimate of drug-likeness (QED) is 0.915. The lowest BCUT2D eigenvalue weighted by Crippen LogP contribution is -2.21. The lowest BCUT2D eigenvalue weighted by Gasteiger charge is -2.18. The van der Waals surface area contributed by atoms with Gasteiger partial charge in [-0.15, -0.1) is 0 Å². The monoisotopic (exact) mass is 337 g/mol. The van der Waals surface area contributed by atoms with E-state index in [9.17, 15) is 0 Å². The minimum absolute atomic E-state index is 0.00567. The van der Waals surface area contributed by atoms with Gasteiger partial charge >= 0.3 is 0 Å². The first-order valence-corrected chi connectivity index (χ1v) is 7.31. The predicted molar refractivity (Wildman–Crippen MR) is 85.2 cm³/mol. The van der Waals surface area contributed by atoms with Gasteiger partial charge in [-0.05, 0) is 39.0 Å². The van der Waals surface area contributed by atoms with Crippen molar-refractivity contribution in [3.8, 4) is 5.75 Å². The van der Waals surface area contributed by atoms with E-state index in [1.54, 1.807) is 7.11 Å². The third-order valence-corrected chi connectivity index (χ3v) is 3.46. The Bertz CT molecular complexity index is 587. The van der Waals surface area contributed by atoms with Crippen LogP contribution in [0.25, 0.3) is 0 Å². The van der Waals surface area contributed by atoms with Crippen LogP contribution in [-0.2, 0) is 12.1 Å². The van der Waals surface area contributed by atoms with Gasteiger partial charge < -0.3 is 10.1 Å². The Balaban J connectivity index is 2.09. The lowest BCUT2D eigenvalue weighted by molar-refractivity contribution is 0.355. The Morgan fingerprint density at radius 1 is 1.35 bits per heavy atom. The normalized spacial score (nSPS) is 11.4. The van der Waals surface area contributed by atoms with Crippen molar-refractivity contribution in [2.45, 2.75) is 32.9 Å². The predicted octanol–water partition coefficient (Wildman–Crippen LogP) is 4.02. The Labute approximate surface area is 128 Å². The van der Waals surface area contributed by atoms with E-state index in [-0.39, 0.29) is 5.54 Å². The molecular weight excluding hydrogens is 318 g/mol. The van der Waals surface area contributed by atoms with Gasteiger partial charge in [0.1, 0.15) is 5.75 Å². The highest BCUT2D eigenvalue weighted by Crippen LogP contribution is 2.28. The molecule has 5 heteroatoms. The Kier molecular flexibility index (Phi) is 4.38. The average molecular weight is 338 g/mol. The zero-order valence-electron chi connectivity index (χ0n) is 12.3. The number of anilines is 1. The molecule has 1 heterocycles. The summed E-state index contributed by atoms with van der Waals surface area (Å²) in [6, 6.07) is 5.90. The molecule has 0 saturated heterocycles. The van der Waals surface area contributed by atoms with Gasteiger partial charge in [0, 0.05) is 22.8 Å².